The van der Waals surface area contributed by atoms with E-state index in [1.807, 2.05) is 25.1 Å². The van der Waals surface area contributed by atoms with Crippen LogP contribution in [0.3, 0.4) is 0 Å². The third kappa shape index (κ3) is 3.38. The van der Waals surface area contributed by atoms with Crippen molar-refractivity contribution in [3.63, 3.8) is 0 Å². The largest absolute Gasteiger partial charge is 0.491 e. The molecule has 1 heterocycles. The molecule has 1 aromatic heterocycles. The number of anilines is 2. The number of nitrogens with one attached hydrogen (secondary N) is 1. The van der Waals surface area contributed by atoms with Crippen molar-refractivity contribution < 1.29 is 9.13 Å². The summed E-state index contributed by atoms with van der Waals surface area (Å²) in [5.74, 6) is -0.259. The van der Waals surface area contributed by atoms with Gasteiger partial charge in [-0.05, 0) is 26.0 Å². The summed E-state index contributed by atoms with van der Waals surface area (Å²) >= 11 is 0. The lowest BCUT2D eigenvalue weighted by molar-refractivity contribution is 0.322. The van der Waals surface area contributed by atoms with Crippen LogP contribution < -0.4 is 15.8 Å². The van der Waals surface area contributed by atoms with Gasteiger partial charge in [0.15, 0.2) is 11.6 Å². The van der Waals surface area contributed by atoms with E-state index in [2.05, 4.69) is 10.3 Å². The van der Waals surface area contributed by atoms with Crippen LogP contribution in [0.25, 0.3) is 0 Å². The first-order valence-corrected chi connectivity index (χ1v) is 6.48. The van der Waals surface area contributed by atoms with Gasteiger partial charge in [0.05, 0.1) is 30.2 Å². The van der Waals surface area contributed by atoms with E-state index >= 15 is 0 Å². The Morgan fingerprint density at radius 3 is 2.85 bits per heavy atom. The van der Waals surface area contributed by atoms with Gasteiger partial charge in [-0.3, -0.25) is 4.98 Å². The molecule has 0 atom stereocenters. The van der Waals surface area contributed by atoms with Crippen molar-refractivity contribution in [2.75, 3.05) is 17.7 Å². The highest BCUT2D eigenvalue weighted by Gasteiger charge is 2.09. The zero-order chi connectivity index (χ0) is 14.5. The van der Waals surface area contributed by atoms with E-state index in [-0.39, 0.29) is 5.75 Å². The average Bonchev–Trinajstić information content (AvgIpc) is 2.41. The lowest BCUT2D eigenvalue weighted by atomic mass is 10.2. The fraction of sp³-hybridized carbons (Fsp3) is 0.267. The zero-order valence-corrected chi connectivity index (χ0v) is 11.6. The second kappa shape index (κ2) is 6.23. The van der Waals surface area contributed by atoms with E-state index in [0.717, 1.165) is 11.4 Å². The van der Waals surface area contributed by atoms with Crippen LogP contribution in [-0.4, -0.2) is 11.6 Å². The lowest BCUT2D eigenvalue weighted by Gasteiger charge is -2.12. The fourth-order valence-corrected chi connectivity index (χ4v) is 1.87. The molecule has 5 heteroatoms. The predicted molar refractivity (Wildman–Crippen MR) is 78.3 cm³/mol. The van der Waals surface area contributed by atoms with E-state index in [0.29, 0.717) is 24.5 Å². The van der Waals surface area contributed by atoms with Crippen LogP contribution in [0.5, 0.6) is 5.75 Å². The van der Waals surface area contributed by atoms with Gasteiger partial charge in [0.25, 0.3) is 0 Å². The molecule has 0 saturated carbocycles. The van der Waals surface area contributed by atoms with Crippen molar-refractivity contribution in [2.45, 2.75) is 20.4 Å². The third-order valence-corrected chi connectivity index (χ3v) is 2.81. The van der Waals surface area contributed by atoms with Crippen molar-refractivity contribution in [1.82, 2.24) is 4.98 Å². The number of benzene rings is 1. The molecule has 0 aliphatic carbocycles. The minimum Gasteiger partial charge on any atom is -0.491 e. The van der Waals surface area contributed by atoms with Crippen LogP contribution in [0.15, 0.2) is 30.3 Å². The van der Waals surface area contributed by atoms with Gasteiger partial charge >= 0.3 is 0 Å². The molecule has 0 fully saturated rings. The van der Waals surface area contributed by atoms with Gasteiger partial charge in [0.1, 0.15) is 0 Å². The normalized spacial score (nSPS) is 10.3. The average molecular weight is 275 g/mol. The van der Waals surface area contributed by atoms with E-state index in [1.54, 1.807) is 13.0 Å². The number of aromatic nitrogens is 1. The van der Waals surface area contributed by atoms with Crippen molar-refractivity contribution in [3.8, 4) is 5.75 Å². The summed E-state index contributed by atoms with van der Waals surface area (Å²) < 4.78 is 18.8. The minimum atomic E-state index is -0.455. The van der Waals surface area contributed by atoms with Crippen LogP contribution in [-0.2, 0) is 6.54 Å². The molecule has 0 spiro atoms. The highest BCUT2D eigenvalue weighted by molar-refractivity contribution is 5.68. The summed E-state index contributed by atoms with van der Waals surface area (Å²) in [6, 6.07) is 8.63. The molecule has 2 aromatic rings. The van der Waals surface area contributed by atoms with E-state index in [9.17, 15) is 4.39 Å². The van der Waals surface area contributed by atoms with Gasteiger partial charge in [0.2, 0.25) is 0 Å². The molecule has 0 aliphatic heterocycles. The number of nitrogen functional groups attached to an aromatic ring is 1. The summed E-state index contributed by atoms with van der Waals surface area (Å²) in [4.78, 5) is 4.39. The monoisotopic (exact) mass is 275 g/mol. The Morgan fingerprint density at radius 2 is 2.15 bits per heavy atom. The first-order valence-electron chi connectivity index (χ1n) is 6.48. The van der Waals surface area contributed by atoms with Crippen molar-refractivity contribution >= 4 is 11.4 Å². The molecule has 0 unspecified atom stereocenters. The molecule has 2 rings (SSSR count). The number of rotatable bonds is 5. The number of nitrogens with zero attached hydrogens (tertiary/aromatic N) is 1. The maximum absolute atomic E-state index is 13.6. The maximum atomic E-state index is 13.6. The van der Waals surface area contributed by atoms with E-state index < -0.39 is 5.82 Å². The van der Waals surface area contributed by atoms with Crippen molar-refractivity contribution in [3.05, 3.63) is 47.5 Å². The maximum Gasteiger partial charge on any atom is 0.167 e. The summed E-state index contributed by atoms with van der Waals surface area (Å²) in [5, 5.41) is 3.15. The van der Waals surface area contributed by atoms with Gasteiger partial charge in [0, 0.05) is 17.8 Å². The molecule has 4 nitrogen and oxygen atoms in total. The summed E-state index contributed by atoms with van der Waals surface area (Å²) in [7, 11) is 0. The topological polar surface area (TPSA) is 60.2 Å². The fourth-order valence-electron chi connectivity index (χ4n) is 1.87. The van der Waals surface area contributed by atoms with E-state index in [1.165, 1.54) is 6.07 Å². The lowest BCUT2D eigenvalue weighted by Crippen LogP contribution is -2.06. The number of hydrogen-bond acceptors (Lipinski definition) is 4. The van der Waals surface area contributed by atoms with Crippen molar-refractivity contribution in [2.24, 2.45) is 0 Å². The molecule has 106 valence electrons. The highest BCUT2D eigenvalue weighted by atomic mass is 19.1. The van der Waals surface area contributed by atoms with Gasteiger partial charge in [-0.15, -0.1) is 0 Å². The number of ether oxygens (including phenoxy) is 1. The van der Waals surface area contributed by atoms with Gasteiger partial charge < -0.3 is 15.8 Å². The second-order valence-electron chi connectivity index (χ2n) is 4.43. The molecule has 1 aromatic carbocycles. The van der Waals surface area contributed by atoms with Crippen LogP contribution in [0, 0.1) is 12.7 Å². The number of halogens is 1. The first kappa shape index (κ1) is 14.1. The van der Waals surface area contributed by atoms with Crippen LogP contribution in [0.2, 0.25) is 0 Å². The molecule has 0 aliphatic rings. The quantitative estimate of drug-likeness (QED) is 0.823. The molecule has 0 saturated heterocycles. The Hall–Kier alpha value is -2.30. The Kier molecular flexibility index (Phi) is 4.40. The molecule has 3 N–H and O–H groups in total. The van der Waals surface area contributed by atoms with Crippen LogP contribution in [0.1, 0.15) is 18.3 Å². The van der Waals surface area contributed by atoms with Crippen molar-refractivity contribution in [1.29, 1.82) is 0 Å². The zero-order valence-electron chi connectivity index (χ0n) is 11.6. The molecule has 0 bridgehead atoms. The number of pyridine rings is 1. The van der Waals surface area contributed by atoms with E-state index in [4.69, 9.17) is 10.5 Å². The van der Waals surface area contributed by atoms with Gasteiger partial charge in [-0.25, -0.2) is 4.39 Å². The van der Waals surface area contributed by atoms with Gasteiger partial charge in [-0.2, -0.15) is 0 Å². The predicted octanol–water partition coefficient (Wildman–Crippen LogP) is 3.12. The number of hydrogen-bond donors (Lipinski definition) is 2. The first-order chi connectivity index (χ1) is 9.60. The Labute approximate surface area is 117 Å². The summed E-state index contributed by atoms with van der Waals surface area (Å²) in [6.45, 7) is 4.66. The summed E-state index contributed by atoms with van der Waals surface area (Å²) in [5.41, 5.74) is 8.63. The molecule has 20 heavy (non-hydrogen) atoms. The molecular weight excluding hydrogens is 257 g/mol. The number of aryl methyl sites for hydroxylation is 1. The minimum absolute atomic E-state index is 0.196. The Bertz CT molecular complexity index is 602. The second-order valence-corrected chi connectivity index (χ2v) is 4.43. The van der Waals surface area contributed by atoms with Crippen LogP contribution >= 0.6 is 0 Å². The summed E-state index contributed by atoms with van der Waals surface area (Å²) in [6.07, 6.45) is 0. The third-order valence-electron chi connectivity index (χ3n) is 2.81. The molecule has 0 amide bonds. The smallest absolute Gasteiger partial charge is 0.167 e. The molecule has 0 radical (unpaired) electrons. The molecular formula is C15H18FN3O. The highest BCUT2D eigenvalue weighted by Crippen LogP contribution is 2.28. The SMILES string of the molecule is CCOc1cc(NCc2cccc(C)n2)c(N)cc1F. The Balaban J connectivity index is 2.14. The Morgan fingerprint density at radius 1 is 1.35 bits per heavy atom. The number of nitrogens with two attached hydrogens (primary N) is 1. The standard InChI is InChI=1S/C15H18FN3O/c1-3-20-15-8-14(13(17)7-12(15)16)18-9-11-6-4-5-10(2)19-11/h4-8,18H,3,9,17H2,1-2H3. The van der Waals surface area contributed by atoms with Gasteiger partial charge in [-0.1, -0.05) is 6.07 Å². The van der Waals surface area contributed by atoms with Crippen LogP contribution in [0.4, 0.5) is 15.8 Å².